The van der Waals surface area contributed by atoms with Crippen molar-refractivity contribution in [3.05, 3.63) is 59.6 Å². The number of halogens is 1. The molecule has 2 aromatic carbocycles. The minimum atomic E-state index is -0.771. The van der Waals surface area contributed by atoms with E-state index in [2.05, 4.69) is 20.7 Å². The first-order valence-corrected chi connectivity index (χ1v) is 8.36. The van der Waals surface area contributed by atoms with E-state index < -0.39 is 6.04 Å². The summed E-state index contributed by atoms with van der Waals surface area (Å²) < 4.78 is 1.45. The minimum Gasteiger partial charge on any atom is -0.324 e. The van der Waals surface area contributed by atoms with Gasteiger partial charge in [0.05, 0.1) is 6.42 Å². The van der Waals surface area contributed by atoms with E-state index in [1.54, 1.807) is 36.4 Å². The molecule has 26 heavy (non-hydrogen) atoms. The van der Waals surface area contributed by atoms with Crippen LogP contribution in [0.3, 0.4) is 0 Å². The van der Waals surface area contributed by atoms with E-state index in [0.717, 1.165) is 5.56 Å². The van der Waals surface area contributed by atoms with Gasteiger partial charge in [0.15, 0.2) is 5.82 Å². The number of anilines is 2. The zero-order chi connectivity index (χ0) is 18.1. The van der Waals surface area contributed by atoms with E-state index in [0.29, 0.717) is 16.5 Å². The molecule has 1 aliphatic heterocycles. The average Bonchev–Trinajstić information content (AvgIpc) is 3.06. The Bertz CT molecular complexity index is 969. The maximum atomic E-state index is 12.7. The van der Waals surface area contributed by atoms with E-state index in [1.807, 2.05) is 18.2 Å². The van der Waals surface area contributed by atoms with Crippen LogP contribution in [-0.4, -0.2) is 26.6 Å². The van der Waals surface area contributed by atoms with Crippen LogP contribution in [0, 0.1) is 0 Å². The molecule has 0 fully saturated rings. The van der Waals surface area contributed by atoms with Crippen LogP contribution in [-0.2, 0) is 9.59 Å². The maximum absolute atomic E-state index is 12.7. The largest absolute Gasteiger partial charge is 0.324 e. The second-order valence-corrected chi connectivity index (χ2v) is 6.27. The highest BCUT2D eigenvalue weighted by Gasteiger charge is 2.33. The Labute approximate surface area is 154 Å². The summed E-state index contributed by atoms with van der Waals surface area (Å²) >= 11 is 5.91. The van der Waals surface area contributed by atoms with Crippen LogP contribution in [0.25, 0.3) is 11.4 Å². The molecule has 1 aromatic heterocycles. The third-order valence-electron chi connectivity index (χ3n) is 4.00. The summed E-state index contributed by atoms with van der Waals surface area (Å²) in [4.78, 5) is 29.0. The number of hydrogen-bond donors (Lipinski definition) is 2. The Kier molecular flexibility index (Phi) is 4.14. The summed E-state index contributed by atoms with van der Waals surface area (Å²) in [5.74, 6) is 0.0661. The fourth-order valence-electron chi connectivity index (χ4n) is 2.74. The van der Waals surface area contributed by atoms with Crippen molar-refractivity contribution in [3.8, 4) is 11.4 Å². The number of carbonyl (C=O) groups is 2. The molecule has 3 aromatic rings. The average molecular weight is 368 g/mol. The van der Waals surface area contributed by atoms with Gasteiger partial charge in [-0.2, -0.15) is 4.98 Å². The normalized spacial score (nSPS) is 15.9. The SMILES string of the molecule is O=C1C[C@H](C(=O)Nc2ccccc2)n2nc(-c3ccc(Cl)cc3)nc2N1. The summed E-state index contributed by atoms with van der Waals surface area (Å²) in [5, 5.41) is 10.5. The van der Waals surface area contributed by atoms with Crippen LogP contribution < -0.4 is 10.6 Å². The summed E-state index contributed by atoms with van der Waals surface area (Å²) in [6, 6.07) is 15.3. The predicted molar refractivity (Wildman–Crippen MR) is 97.8 cm³/mol. The van der Waals surface area contributed by atoms with Gasteiger partial charge in [-0.1, -0.05) is 29.8 Å². The second-order valence-electron chi connectivity index (χ2n) is 5.83. The standard InChI is InChI=1S/C18H14ClN5O2/c19-12-8-6-11(7-9-12)16-22-18-21-15(25)10-14(24(18)23-16)17(26)20-13-4-2-1-3-5-13/h1-9,14H,10H2,(H,20,26)(H,21,22,23,25)/t14-/m1/s1. The molecule has 0 bridgehead atoms. The molecule has 0 spiro atoms. The number of benzene rings is 2. The Morgan fingerprint density at radius 2 is 1.88 bits per heavy atom. The molecule has 130 valence electrons. The van der Waals surface area contributed by atoms with Gasteiger partial charge in [-0.25, -0.2) is 4.68 Å². The van der Waals surface area contributed by atoms with Crippen molar-refractivity contribution in [1.82, 2.24) is 14.8 Å². The highest BCUT2D eigenvalue weighted by Crippen LogP contribution is 2.27. The number of carbonyl (C=O) groups excluding carboxylic acids is 2. The molecule has 0 unspecified atom stereocenters. The third-order valence-corrected chi connectivity index (χ3v) is 4.25. The number of aromatic nitrogens is 3. The Morgan fingerprint density at radius 1 is 1.15 bits per heavy atom. The van der Waals surface area contributed by atoms with Crippen LogP contribution in [0.4, 0.5) is 11.6 Å². The number of hydrogen-bond acceptors (Lipinski definition) is 4. The van der Waals surface area contributed by atoms with E-state index in [4.69, 9.17) is 11.6 Å². The van der Waals surface area contributed by atoms with E-state index in [1.165, 1.54) is 4.68 Å². The van der Waals surface area contributed by atoms with Crippen LogP contribution in [0.5, 0.6) is 0 Å². The third kappa shape index (κ3) is 3.16. The lowest BCUT2D eigenvalue weighted by Gasteiger charge is -2.22. The van der Waals surface area contributed by atoms with Gasteiger partial charge in [0.1, 0.15) is 6.04 Å². The van der Waals surface area contributed by atoms with Gasteiger partial charge in [0.25, 0.3) is 0 Å². The van der Waals surface area contributed by atoms with Crippen LogP contribution in [0.15, 0.2) is 54.6 Å². The Morgan fingerprint density at radius 3 is 2.62 bits per heavy atom. The highest BCUT2D eigenvalue weighted by atomic mass is 35.5. The first-order chi connectivity index (χ1) is 12.6. The molecular formula is C18H14ClN5O2. The lowest BCUT2D eigenvalue weighted by molar-refractivity contribution is -0.125. The molecular weight excluding hydrogens is 354 g/mol. The van der Waals surface area contributed by atoms with Gasteiger partial charge in [0.2, 0.25) is 17.8 Å². The van der Waals surface area contributed by atoms with E-state index in [-0.39, 0.29) is 24.2 Å². The molecule has 1 atom stereocenters. The fourth-order valence-corrected chi connectivity index (χ4v) is 2.86. The molecule has 0 saturated heterocycles. The van der Waals surface area contributed by atoms with Crippen molar-refractivity contribution < 1.29 is 9.59 Å². The molecule has 2 heterocycles. The van der Waals surface area contributed by atoms with Crippen LogP contribution >= 0.6 is 11.6 Å². The molecule has 2 N–H and O–H groups in total. The summed E-state index contributed by atoms with van der Waals surface area (Å²) in [5.41, 5.74) is 1.40. The van der Waals surface area contributed by atoms with Gasteiger partial charge in [-0.3, -0.25) is 14.9 Å². The highest BCUT2D eigenvalue weighted by molar-refractivity contribution is 6.30. The Balaban J connectivity index is 1.65. The van der Waals surface area contributed by atoms with Crippen molar-refractivity contribution in [2.24, 2.45) is 0 Å². The minimum absolute atomic E-state index is 0.00488. The van der Waals surface area contributed by atoms with Crippen molar-refractivity contribution in [2.75, 3.05) is 10.6 Å². The Hall–Kier alpha value is -3.19. The quantitative estimate of drug-likeness (QED) is 0.744. The van der Waals surface area contributed by atoms with Gasteiger partial charge in [-0.15, -0.1) is 5.10 Å². The van der Waals surface area contributed by atoms with Crippen molar-refractivity contribution in [2.45, 2.75) is 12.5 Å². The summed E-state index contributed by atoms with van der Waals surface area (Å²) in [7, 11) is 0. The molecule has 7 nitrogen and oxygen atoms in total. The first-order valence-electron chi connectivity index (χ1n) is 7.98. The molecule has 8 heteroatoms. The number of para-hydroxylation sites is 1. The molecule has 0 saturated carbocycles. The molecule has 0 aliphatic carbocycles. The monoisotopic (exact) mass is 367 g/mol. The molecule has 0 radical (unpaired) electrons. The van der Waals surface area contributed by atoms with Crippen molar-refractivity contribution >= 4 is 35.1 Å². The smallest absolute Gasteiger partial charge is 0.249 e. The maximum Gasteiger partial charge on any atom is 0.249 e. The number of nitrogens with zero attached hydrogens (tertiary/aromatic N) is 3. The lowest BCUT2D eigenvalue weighted by Crippen LogP contribution is -2.36. The molecule has 4 rings (SSSR count). The first kappa shape index (κ1) is 16.3. The van der Waals surface area contributed by atoms with Crippen LogP contribution in [0.2, 0.25) is 5.02 Å². The van der Waals surface area contributed by atoms with Crippen molar-refractivity contribution in [3.63, 3.8) is 0 Å². The van der Waals surface area contributed by atoms with E-state index >= 15 is 0 Å². The zero-order valence-electron chi connectivity index (χ0n) is 13.5. The van der Waals surface area contributed by atoms with E-state index in [9.17, 15) is 9.59 Å². The van der Waals surface area contributed by atoms with Crippen LogP contribution in [0.1, 0.15) is 12.5 Å². The summed E-state index contributed by atoms with van der Waals surface area (Å²) in [6.07, 6.45) is -0.00488. The zero-order valence-corrected chi connectivity index (χ0v) is 14.3. The van der Waals surface area contributed by atoms with Gasteiger partial charge in [0, 0.05) is 16.3 Å². The second kappa shape index (κ2) is 6.61. The molecule has 1 aliphatic rings. The topological polar surface area (TPSA) is 88.9 Å². The lowest BCUT2D eigenvalue weighted by atomic mass is 10.1. The fraction of sp³-hybridized carbons (Fsp3) is 0.111. The number of nitrogens with one attached hydrogen (secondary N) is 2. The van der Waals surface area contributed by atoms with Gasteiger partial charge in [-0.05, 0) is 36.4 Å². The van der Waals surface area contributed by atoms with Gasteiger partial charge < -0.3 is 5.32 Å². The summed E-state index contributed by atoms with van der Waals surface area (Å²) in [6.45, 7) is 0. The van der Waals surface area contributed by atoms with Gasteiger partial charge >= 0.3 is 0 Å². The molecule has 2 amide bonds. The number of rotatable bonds is 3. The van der Waals surface area contributed by atoms with Crippen molar-refractivity contribution in [1.29, 1.82) is 0 Å². The number of amides is 2. The predicted octanol–water partition coefficient (Wildman–Crippen LogP) is 3.12. The number of fused-ring (bicyclic) bond motifs is 1.